The minimum Gasteiger partial charge on any atom is -0.294 e. The van der Waals surface area contributed by atoms with Crippen molar-refractivity contribution in [2.45, 2.75) is 6.92 Å². The van der Waals surface area contributed by atoms with Gasteiger partial charge in [0.2, 0.25) is 0 Å². The lowest BCUT2D eigenvalue weighted by Crippen LogP contribution is -1.96. The van der Waals surface area contributed by atoms with Gasteiger partial charge in [-0.25, -0.2) is 4.52 Å². The molecule has 0 aliphatic carbocycles. The van der Waals surface area contributed by atoms with E-state index < -0.39 is 0 Å². The molecule has 0 aliphatic heterocycles. The van der Waals surface area contributed by atoms with Gasteiger partial charge in [-0.2, -0.15) is 5.10 Å². The fourth-order valence-electron chi connectivity index (χ4n) is 1.16. The lowest BCUT2D eigenvalue weighted by molar-refractivity contribution is 0.101. The number of halogens is 1. The highest BCUT2D eigenvalue weighted by molar-refractivity contribution is 14.1. The fraction of sp³-hybridized carbons (Fsp3) is 0.111. The van der Waals surface area contributed by atoms with Gasteiger partial charge in [0.1, 0.15) is 0 Å². The number of carbonyl (C=O) groups is 1. The Kier molecular flexibility index (Phi) is 2.07. The van der Waals surface area contributed by atoms with Crippen molar-refractivity contribution in [3.8, 4) is 0 Å². The van der Waals surface area contributed by atoms with Gasteiger partial charge in [0, 0.05) is 11.8 Å². The molecule has 0 amide bonds. The quantitative estimate of drug-likeness (QED) is 0.594. The van der Waals surface area contributed by atoms with Crippen LogP contribution in [0.3, 0.4) is 0 Å². The average Bonchev–Trinajstić information content (AvgIpc) is 2.47. The van der Waals surface area contributed by atoms with Crippen LogP contribution in [0, 0.1) is 3.57 Å². The van der Waals surface area contributed by atoms with Crippen LogP contribution in [0.25, 0.3) is 5.52 Å². The van der Waals surface area contributed by atoms with Gasteiger partial charge in [0.25, 0.3) is 0 Å². The third-order valence-corrected chi connectivity index (χ3v) is 2.71. The molecule has 2 aromatic rings. The molecule has 0 atom stereocenters. The summed E-state index contributed by atoms with van der Waals surface area (Å²) < 4.78 is 2.81. The SMILES string of the molecule is CC(=O)c1ccc2c(I)cnn2c1. The summed E-state index contributed by atoms with van der Waals surface area (Å²) in [7, 11) is 0. The molecule has 13 heavy (non-hydrogen) atoms. The molecule has 2 rings (SSSR count). The minimum atomic E-state index is 0.0624. The Morgan fingerprint density at radius 2 is 2.31 bits per heavy atom. The zero-order valence-electron chi connectivity index (χ0n) is 6.99. The number of fused-ring (bicyclic) bond motifs is 1. The number of nitrogens with zero attached hydrogens (tertiary/aromatic N) is 2. The number of hydrogen-bond donors (Lipinski definition) is 0. The molecule has 0 spiro atoms. The fourth-order valence-corrected chi connectivity index (χ4v) is 1.71. The van der Waals surface area contributed by atoms with Gasteiger partial charge in [0.05, 0.1) is 15.3 Å². The van der Waals surface area contributed by atoms with Gasteiger partial charge < -0.3 is 0 Å². The van der Waals surface area contributed by atoms with E-state index in [2.05, 4.69) is 27.7 Å². The highest BCUT2D eigenvalue weighted by atomic mass is 127. The van der Waals surface area contributed by atoms with Crippen LogP contribution in [0.1, 0.15) is 17.3 Å². The van der Waals surface area contributed by atoms with E-state index in [1.165, 1.54) is 0 Å². The van der Waals surface area contributed by atoms with Crippen LogP contribution in [0.15, 0.2) is 24.5 Å². The molecular weight excluding hydrogens is 279 g/mol. The summed E-state index contributed by atoms with van der Waals surface area (Å²) in [5.74, 6) is 0.0624. The highest BCUT2D eigenvalue weighted by Crippen LogP contribution is 2.13. The van der Waals surface area contributed by atoms with Crippen LogP contribution in [0.4, 0.5) is 0 Å². The van der Waals surface area contributed by atoms with Crippen molar-refractivity contribution >= 4 is 33.9 Å². The Labute approximate surface area is 88.9 Å². The molecule has 0 aromatic carbocycles. The molecule has 0 saturated heterocycles. The number of pyridine rings is 1. The molecule has 0 fully saturated rings. The molecule has 0 N–H and O–H groups in total. The molecule has 0 bridgehead atoms. The van der Waals surface area contributed by atoms with E-state index in [1.807, 2.05) is 12.1 Å². The molecule has 0 unspecified atom stereocenters. The summed E-state index contributed by atoms with van der Waals surface area (Å²) in [4.78, 5) is 11.1. The second kappa shape index (κ2) is 3.10. The van der Waals surface area contributed by atoms with Crippen molar-refractivity contribution in [1.82, 2.24) is 9.61 Å². The Morgan fingerprint density at radius 1 is 1.54 bits per heavy atom. The maximum atomic E-state index is 11.1. The molecule has 66 valence electrons. The number of hydrogen-bond acceptors (Lipinski definition) is 2. The maximum absolute atomic E-state index is 11.1. The van der Waals surface area contributed by atoms with Gasteiger partial charge in [-0.3, -0.25) is 4.79 Å². The highest BCUT2D eigenvalue weighted by Gasteiger charge is 2.03. The summed E-state index contributed by atoms with van der Waals surface area (Å²) in [6, 6.07) is 3.73. The van der Waals surface area contributed by atoms with E-state index in [9.17, 15) is 4.79 Å². The minimum absolute atomic E-state index is 0.0624. The normalized spacial score (nSPS) is 10.6. The number of Topliss-reactive ketones (excluding diaryl/α,β-unsaturated/α-hetero) is 1. The van der Waals surface area contributed by atoms with E-state index in [4.69, 9.17) is 0 Å². The Hall–Kier alpha value is -0.910. The number of aromatic nitrogens is 2. The van der Waals surface area contributed by atoms with E-state index >= 15 is 0 Å². The number of rotatable bonds is 1. The third kappa shape index (κ3) is 1.46. The summed E-state index contributed by atoms with van der Waals surface area (Å²) in [6.45, 7) is 1.55. The molecule has 2 heterocycles. The molecular formula is C9H7IN2O. The first-order valence-corrected chi connectivity index (χ1v) is 4.90. The second-order valence-corrected chi connectivity index (χ2v) is 3.96. The number of carbonyl (C=O) groups excluding carboxylic acids is 1. The van der Waals surface area contributed by atoms with Crippen LogP contribution in [-0.4, -0.2) is 15.4 Å². The van der Waals surface area contributed by atoms with Gasteiger partial charge in [0.15, 0.2) is 5.78 Å². The zero-order valence-corrected chi connectivity index (χ0v) is 9.15. The molecule has 0 saturated carbocycles. The smallest absolute Gasteiger partial charge is 0.161 e. The van der Waals surface area contributed by atoms with Gasteiger partial charge in [-0.15, -0.1) is 0 Å². The van der Waals surface area contributed by atoms with Crippen molar-refractivity contribution in [1.29, 1.82) is 0 Å². The van der Waals surface area contributed by atoms with E-state index in [-0.39, 0.29) is 5.78 Å². The van der Waals surface area contributed by atoms with Crippen molar-refractivity contribution < 1.29 is 4.79 Å². The van der Waals surface area contributed by atoms with Crippen molar-refractivity contribution in [2.75, 3.05) is 0 Å². The Bertz CT molecular complexity index is 475. The largest absolute Gasteiger partial charge is 0.294 e. The van der Waals surface area contributed by atoms with Crippen molar-refractivity contribution in [3.63, 3.8) is 0 Å². The summed E-state index contributed by atoms with van der Waals surface area (Å²) in [5, 5.41) is 4.12. The zero-order chi connectivity index (χ0) is 9.42. The Morgan fingerprint density at radius 3 is 3.00 bits per heavy atom. The van der Waals surface area contributed by atoms with E-state index in [0.29, 0.717) is 5.56 Å². The van der Waals surface area contributed by atoms with E-state index in [1.54, 1.807) is 23.8 Å². The predicted molar refractivity (Wildman–Crippen MR) is 57.9 cm³/mol. The topological polar surface area (TPSA) is 34.4 Å². The van der Waals surface area contributed by atoms with Crippen molar-refractivity contribution in [2.24, 2.45) is 0 Å². The Balaban J connectivity index is 2.70. The third-order valence-electron chi connectivity index (χ3n) is 1.88. The second-order valence-electron chi connectivity index (χ2n) is 2.80. The average molecular weight is 286 g/mol. The molecule has 4 heteroatoms. The van der Waals surface area contributed by atoms with Crippen LogP contribution in [0.2, 0.25) is 0 Å². The standard InChI is InChI=1S/C9H7IN2O/c1-6(13)7-2-3-9-8(10)4-11-12(9)5-7/h2-5H,1H3. The first kappa shape index (κ1) is 8.68. The molecule has 3 nitrogen and oxygen atoms in total. The summed E-state index contributed by atoms with van der Waals surface area (Å²) >= 11 is 2.21. The van der Waals surface area contributed by atoms with Gasteiger partial charge >= 0.3 is 0 Å². The van der Waals surface area contributed by atoms with Crippen LogP contribution in [0.5, 0.6) is 0 Å². The predicted octanol–water partition coefficient (Wildman–Crippen LogP) is 2.14. The molecule has 0 radical (unpaired) electrons. The summed E-state index contributed by atoms with van der Waals surface area (Å²) in [6.07, 6.45) is 3.53. The number of ketones is 1. The van der Waals surface area contributed by atoms with Gasteiger partial charge in [-0.05, 0) is 41.6 Å². The van der Waals surface area contributed by atoms with Crippen LogP contribution in [-0.2, 0) is 0 Å². The van der Waals surface area contributed by atoms with Crippen molar-refractivity contribution in [3.05, 3.63) is 33.7 Å². The van der Waals surface area contributed by atoms with Gasteiger partial charge in [-0.1, -0.05) is 0 Å². The lowest BCUT2D eigenvalue weighted by atomic mass is 10.2. The molecule has 0 aliphatic rings. The maximum Gasteiger partial charge on any atom is 0.161 e. The molecule has 2 aromatic heterocycles. The summed E-state index contributed by atoms with van der Waals surface area (Å²) in [5.41, 5.74) is 1.72. The monoisotopic (exact) mass is 286 g/mol. The first-order chi connectivity index (χ1) is 6.18. The van der Waals surface area contributed by atoms with E-state index in [0.717, 1.165) is 9.09 Å². The van der Waals surface area contributed by atoms with Crippen LogP contribution >= 0.6 is 22.6 Å². The lowest BCUT2D eigenvalue weighted by Gasteiger charge is -1.96. The first-order valence-electron chi connectivity index (χ1n) is 3.82. The van der Waals surface area contributed by atoms with Crippen LogP contribution < -0.4 is 0 Å².